The second kappa shape index (κ2) is 7.99. The number of morpholine rings is 1. The van der Waals surface area contributed by atoms with Crippen LogP contribution in [0, 0.1) is 0 Å². The number of rotatable bonds is 6. The Morgan fingerprint density at radius 3 is 2.88 bits per heavy atom. The summed E-state index contributed by atoms with van der Waals surface area (Å²) >= 11 is 1.56. The summed E-state index contributed by atoms with van der Waals surface area (Å²) in [5, 5.41) is 3.71. The summed E-state index contributed by atoms with van der Waals surface area (Å²) in [4.78, 5) is 19.2. The highest BCUT2D eigenvalue weighted by atomic mass is 32.1. The molecule has 1 fully saturated rings. The van der Waals surface area contributed by atoms with Crippen molar-refractivity contribution in [2.75, 3.05) is 39.4 Å². The Kier molecular flexibility index (Phi) is 5.29. The Hall–Kier alpha value is -2.22. The van der Waals surface area contributed by atoms with E-state index in [2.05, 4.69) is 15.2 Å². The molecule has 0 radical (unpaired) electrons. The first-order chi connectivity index (χ1) is 12.8. The first-order valence-corrected chi connectivity index (χ1v) is 9.65. The molecule has 7 heteroatoms. The number of benzene rings is 1. The van der Waals surface area contributed by atoms with Gasteiger partial charge in [-0.25, -0.2) is 4.98 Å². The van der Waals surface area contributed by atoms with E-state index in [-0.39, 0.29) is 5.91 Å². The molecule has 2 aromatic heterocycles. The van der Waals surface area contributed by atoms with Crippen LogP contribution >= 0.6 is 11.3 Å². The summed E-state index contributed by atoms with van der Waals surface area (Å²) in [5.41, 5.74) is 0.943. The van der Waals surface area contributed by atoms with Crippen molar-refractivity contribution in [3.8, 4) is 10.8 Å². The van der Waals surface area contributed by atoms with E-state index in [1.807, 2.05) is 24.3 Å². The molecule has 0 spiro atoms. The van der Waals surface area contributed by atoms with E-state index in [0.29, 0.717) is 18.1 Å². The molecular weight excluding hydrogens is 350 g/mol. The van der Waals surface area contributed by atoms with Gasteiger partial charge in [0.15, 0.2) is 16.5 Å². The lowest BCUT2D eigenvalue weighted by atomic mass is 10.3. The summed E-state index contributed by atoms with van der Waals surface area (Å²) in [6, 6.07) is 11.5. The van der Waals surface area contributed by atoms with Gasteiger partial charge in [-0.3, -0.25) is 9.69 Å². The van der Waals surface area contributed by atoms with Crippen molar-refractivity contribution in [1.29, 1.82) is 0 Å². The number of aromatic nitrogens is 1. The van der Waals surface area contributed by atoms with Gasteiger partial charge in [0, 0.05) is 19.6 Å². The fourth-order valence-corrected chi connectivity index (χ4v) is 3.90. The molecule has 0 saturated carbocycles. The smallest absolute Gasteiger partial charge is 0.287 e. The number of amides is 1. The minimum Gasteiger partial charge on any atom is -0.448 e. The van der Waals surface area contributed by atoms with E-state index in [9.17, 15) is 4.79 Å². The molecule has 1 aliphatic heterocycles. The van der Waals surface area contributed by atoms with Crippen molar-refractivity contribution in [2.45, 2.75) is 6.42 Å². The predicted molar refractivity (Wildman–Crippen MR) is 102 cm³/mol. The van der Waals surface area contributed by atoms with Gasteiger partial charge in [0.2, 0.25) is 0 Å². The molecule has 1 N–H and O–H groups in total. The van der Waals surface area contributed by atoms with Gasteiger partial charge in [-0.15, -0.1) is 11.3 Å². The number of hydrogen-bond donors (Lipinski definition) is 1. The van der Waals surface area contributed by atoms with Crippen LogP contribution in [0.3, 0.4) is 0 Å². The van der Waals surface area contributed by atoms with Gasteiger partial charge in [0.1, 0.15) is 0 Å². The van der Waals surface area contributed by atoms with Gasteiger partial charge >= 0.3 is 0 Å². The molecule has 0 aliphatic carbocycles. The van der Waals surface area contributed by atoms with Gasteiger partial charge in [-0.1, -0.05) is 12.1 Å². The molecule has 0 atom stereocenters. The van der Waals surface area contributed by atoms with Gasteiger partial charge < -0.3 is 14.5 Å². The highest BCUT2D eigenvalue weighted by Crippen LogP contribution is 2.31. The number of carbonyl (C=O) groups excluding carboxylic acids is 1. The maximum atomic E-state index is 12.3. The van der Waals surface area contributed by atoms with Crippen molar-refractivity contribution < 1.29 is 13.9 Å². The summed E-state index contributed by atoms with van der Waals surface area (Å²) < 4.78 is 12.2. The molecule has 4 rings (SSSR count). The van der Waals surface area contributed by atoms with E-state index in [1.54, 1.807) is 23.5 Å². The third-order valence-corrected chi connectivity index (χ3v) is 5.43. The average molecular weight is 371 g/mol. The van der Waals surface area contributed by atoms with E-state index in [4.69, 9.17) is 9.15 Å². The highest BCUT2D eigenvalue weighted by molar-refractivity contribution is 7.21. The second-order valence-corrected chi connectivity index (χ2v) is 7.24. The Balaban J connectivity index is 1.31. The number of fused-ring (bicyclic) bond motifs is 1. The predicted octanol–water partition coefficient (Wildman–Crippen LogP) is 3.01. The standard InChI is InChI=1S/C19H21N3O3S/c23-18(20-8-3-9-22-10-12-24-13-11-22)15-6-7-16(25-15)19-21-14-4-1-2-5-17(14)26-19/h1-2,4-7H,3,8-13H2,(H,20,23). The molecule has 1 saturated heterocycles. The molecular formula is C19H21N3O3S. The van der Waals surface area contributed by atoms with E-state index in [0.717, 1.165) is 54.5 Å². The Morgan fingerprint density at radius 2 is 2.04 bits per heavy atom. The van der Waals surface area contributed by atoms with Crippen LogP contribution in [0.2, 0.25) is 0 Å². The van der Waals surface area contributed by atoms with Crippen molar-refractivity contribution in [3.63, 3.8) is 0 Å². The van der Waals surface area contributed by atoms with E-state index >= 15 is 0 Å². The van der Waals surface area contributed by atoms with E-state index < -0.39 is 0 Å². The molecule has 0 bridgehead atoms. The zero-order valence-corrected chi connectivity index (χ0v) is 15.3. The van der Waals surface area contributed by atoms with Crippen LogP contribution in [0.15, 0.2) is 40.8 Å². The first-order valence-electron chi connectivity index (χ1n) is 8.84. The lowest BCUT2D eigenvalue weighted by Crippen LogP contribution is -2.38. The normalized spacial score (nSPS) is 15.4. The van der Waals surface area contributed by atoms with Crippen LogP contribution in [0.5, 0.6) is 0 Å². The van der Waals surface area contributed by atoms with Gasteiger partial charge in [-0.2, -0.15) is 0 Å². The zero-order chi connectivity index (χ0) is 17.8. The molecule has 1 amide bonds. The number of carbonyl (C=O) groups is 1. The minimum atomic E-state index is -0.181. The largest absolute Gasteiger partial charge is 0.448 e. The Labute approximate surface area is 155 Å². The molecule has 1 aliphatic rings. The number of furan rings is 1. The van der Waals surface area contributed by atoms with E-state index in [1.165, 1.54) is 0 Å². The maximum Gasteiger partial charge on any atom is 0.287 e. The molecule has 136 valence electrons. The zero-order valence-electron chi connectivity index (χ0n) is 14.4. The molecule has 26 heavy (non-hydrogen) atoms. The van der Waals surface area contributed by atoms with Crippen molar-refractivity contribution >= 4 is 27.5 Å². The van der Waals surface area contributed by atoms with Crippen LogP contribution in [0.4, 0.5) is 0 Å². The fourth-order valence-electron chi connectivity index (χ4n) is 2.97. The molecule has 3 heterocycles. The van der Waals surface area contributed by atoms with Crippen LogP contribution in [-0.4, -0.2) is 55.2 Å². The highest BCUT2D eigenvalue weighted by Gasteiger charge is 2.15. The summed E-state index contributed by atoms with van der Waals surface area (Å²) in [5.74, 6) is 0.773. The first kappa shape index (κ1) is 17.2. The van der Waals surface area contributed by atoms with Crippen LogP contribution in [0.25, 0.3) is 21.0 Å². The van der Waals surface area contributed by atoms with Crippen molar-refractivity contribution in [2.24, 2.45) is 0 Å². The maximum absolute atomic E-state index is 12.3. The van der Waals surface area contributed by atoms with Crippen molar-refractivity contribution in [1.82, 2.24) is 15.2 Å². The number of thiazole rings is 1. The van der Waals surface area contributed by atoms with Gasteiger partial charge in [0.25, 0.3) is 5.91 Å². The lowest BCUT2D eigenvalue weighted by Gasteiger charge is -2.26. The average Bonchev–Trinajstić information content (AvgIpc) is 3.32. The summed E-state index contributed by atoms with van der Waals surface area (Å²) in [7, 11) is 0. The molecule has 0 unspecified atom stereocenters. The monoisotopic (exact) mass is 371 g/mol. The third kappa shape index (κ3) is 3.95. The second-order valence-electron chi connectivity index (χ2n) is 6.21. The number of hydrogen-bond acceptors (Lipinski definition) is 6. The number of nitrogens with one attached hydrogen (secondary N) is 1. The topological polar surface area (TPSA) is 67.6 Å². The van der Waals surface area contributed by atoms with Gasteiger partial charge in [0.05, 0.1) is 23.4 Å². The molecule has 1 aromatic carbocycles. The summed E-state index contributed by atoms with van der Waals surface area (Å²) in [6.07, 6.45) is 0.914. The molecule has 3 aromatic rings. The third-order valence-electron chi connectivity index (χ3n) is 4.37. The molecule has 6 nitrogen and oxygen atoms in total. The SMILES string of the molecule is O=C(NCCCN1CCOCC1)c1ccc(-c2nc3ccccc3s2)o1. The Morgan fingerprint density at radius 1 is 1.19 bits per heavy atom. The Bertz CT molecular complexity index is 850. The number of ether oxygens (including phenoxy) is 1. The quantitative estimate of drug-likeness (QED) is 0.675. The lowest BCUT2D eigenvalue weighted by molar-refractivity contribution is 0.0374. The number of para-hydroxylation sites is 1. The minimum absolute atomic E-state index is 0.181. The van der Waals surface area contributed by atoms with Gasteiger partial charge in [-0.05, 0) is 37.2 Å². The van der Waals surface area contributed by atoms with Crippen LogP contribution < -0.4 is 5.32 Å². The van der Waals surface area contributed by atoms with Crippen LogP contribution in [-0.2, 0) is 4.74 Å². The van der Waals surface area contributed by atoms with Crippen molar-refractivity contribution in [3.05, 3.63) is 42.2 Å². The summed E-state index contributed by atoms with van der Waals surface area (Å²) in [6.45, 7) is 5.14. The van der Waals surface area contributed by atoms with Crippen LogP contribution in [0.1, 0.15) is 17.0 Å². The number of nitrogens with zero attached hydrogens (tertiary/aromatic N) is 2. The fraction of sp³-hybridized carbons (Fsp3) is 0.368.